The molecule has 1 aromatic heterocycles. The van der Waals surface area contributed by atoms with Crippen molar-refractivity contribution in [1.82, 2.24) is 20.5 Å². The van der Waals surface area contributed by atoms with E-state index in [1.165, 1.54) is 11.8 Å². The zero-order valence-electron chi connectivity index (χ0n) is 15.7. The monoisotopic (exact) mass is 380 g/mol. The summed E-state index contributed by atoms with van der Waals surface area (Å²) in [4.78, 5) is 17.3. The number of carbonyl (C=O) groups is 1. The van der Waals surface area contributed by atoms with Gasteiger partial charge in [-0.25, -0.2) is 4.98 Å². The van der Waals surface area contributed by atoms with Crippen molar-refractivity contribution in [1.29, 1.82) is 0 Å². The Morgan fingerprint density at radius 3 is 2.00 bits per heavy atom. The quantitative estimate of drug-likeness (QED) is 0.599. The predicted octanol–water partition coefficient (Wildman–Crippen LogP) is 4.31. The Kier molecular flexibility index (Phi) is 6.29. The van der Waals surface area contributed by atoms with Gasteiger partial charge in [-0.15, -0.1) is 5.10 Å². The van der Waals surface area contributed by atoms with Crippen molar-refractivity contribution in [3.63, 3.8) is 0 Å². The first-order valence-electron chi connectivity index (χ1n) is 9.04. The number of amides is 1. The lowest BCUT2D eigenvalue weighted by Gasteiger charge is -2.21. The fraction of sp³-hybridized carbons (Fsp3) is 0.286. The van der Waals surface area contributed by atoms with Crippen LogP contribution in [-0.2, 0) is 4.79 Å². The maximum absolute atomic E-state index is 12.8. The second-order valence-corrected chi connectivity index (χ2v) is 7.99. The number of nitrogens with zero attached hydrogens (tertiary/aromatic N) is 2. The molecule has 0 saturated carbocycles. The molecule has 1 atom stereocenters. The van der Waals surface area contributed by atoms with Crippen LogP contribution in [0.5, 0.6) is 0 Å². The summed E-state index contributed by atoms with van der Waals surface area (Å²) in [5.74, 6) is 1.06. The minimum absolute atomic E-state index is 0.0476. The number of nitrogens with one attached hydrogen (secondary N) is 2. The molecule has 2 aromatic carbocycles. The highest BCUT2D eigenvalue weighted by Crippen LogP contribution is 2.25. The number of thioether (sulfide) groups is 1. The summed E-state index contributed by atoms with van der Waals surface area (Å²) >= 11 is 1.36. The topological polar surface area (TPSA) is 70.7 Å². The molecule has 1 heterocycles. The molecule has 0 fully saturated rings. The molecular weight excluding hydrogens is 356 g/mol. The van der Waals surface area contributed by atoms with Crippen molar-refractivity contribution in [3.05, 3.63) is 77.6 Å². The summed E-state index contributed by atoms with van der Waals surface area (Å²) in [5.41, 5.74) is 2.10. The van der Waals surface area contributed by atoms with Crippen LogP contribution in [0.15, 0.2) is 65.8 Å². The van der Waals surface area contributed by atoms with E-state index >= 15 is 0 Å². The fourth-order valence-corrected chi connectivity index (χ4v) is 3.43. The number of hydrogen-bond donors (Lipinski definition) is 2. The molecule has 3 aromatic rings. The molecule has 2 N–H and O–H groups in total. The molecular formula is C21H24N4OS. The summed E-state index contributed by atoms with van der Waals surface area (Å²) in [6.07, 6.45) is 0. The largest absolute Gasteiger partial charge is 0.344 e. The van der Waals surface area contributed by atoms with E-state index in [-0.39, 0.29) is 23.1 Å². The van der Waals surface area contributed by atoms with E-state index in [1.54, 1.807) is 0 Å². The van der Waals surface area contributed by atoms with Crippen molar-refractivity contribution < 1.29 is 4.79 Å². The van der Waals surface area contributed by atoms with Crippen molar-refractivity contribution in [2.75, 3.05) is 0 Å². The number of carbonyl (C=O) groups excluding carboxylic acids is 1. The average Bonchev–Trinajstić information content (AvgIpc) is 3.16. The highest BCUT2D eigenvalue weighted by molar-refractivity contribution is 8.00. The number of benzene rings is 2. The Hall–Kier alpha value is -2.60. The molecule has 1 amide bonds. The minimum Gasteiger partial charge on any atom is -0.344 e. The zero-order chi connectivity index (χ0) is 19.2. The summed E-state index contributed by atoms with van der Waals surface area (Å²) in [6, 6.07) is 19.8. The van der Waals surface area contributed by atoms with E-state index in [0.717, 1.165) is 17.0 Å². The molecule has 5 nitrogen and oxygen atoms in total. The smallest absolute Gasteiger partial charge is 0.234 e. The van der Waals surface area contributed by atoms with E-state index in [1.807, 2.05) is 67.6 Å². The van der Waals surface area contributed by atoms with E-state index < -0.39 is 0 Å². The standard InChI is InChI=1S/C21H24N4OS/c1-14(2)19-23-21(25-24-19)27-15(3)20(26)22-18(16-10-6-4-7-11-16)17-12-8-5-9-13-17/h4-15,18H,1-3H3,(H,22,26)(H,23,24,25). The molecule has 1 unspecified atom stereocenters. The first-order valence-corrected chi connectivity index (χ1v) is 9.91. The minimum atomic E-state index is -0.310. The van der Waals surface area contributed by atoms with Gasteiger partial charge < -0.3 is 5.32 Å². The van der Waals surface area contributed by atoms with Crippen LogP contribution in [0.1, 0.15) is 49.7 Å². The van der Waals surface area contributed by atoms with E-state index in [2.05, 4.69) is 34.3 Å². The number of rotatable bonds is 7. The Morgan fingerprint density at radius 1 is 0.963 bits per heavy atom. The Morgan fingerprint density at radius 2 is 1.52 bits per heavy atom. The summed E-state index contributed by atoms with van der Waals surface area (Å²) in [6.45, 7) is 5.98. The van der Waals surface area contributed by atoms with Crippen LogP contribution in [0.3, 0.4) is 0 Å². The highest BCUT2D eigenvalue weighted by Gasteiger charge is 2.22. The molecule has 0 bridgehead atoms. The number of aromatic amines is 1. The average molecular weight is 381 g/mol. The molecule has 0 radical (unpaired) electrons. The van der Waals surface area contributed by atoms with Crippen LogP contribution in [-0.4, -0.2) is 26.3 Å². The van der Waals surface area contributed by atoms with Crippen LogP contribution in [0, 0.1) is 0 Å². The lowest BCUT2D eigenvalue weighted by atomic mass is 9.98. The Balaban J connectivity index is 1.73. The van der Waals surface area contributed by atoms with Crippen LogP contribution >= 0.6 is 11.8 Å². The molecule has 0 aliphatic carbocycles. The second kappa shape index (κ2) is 8.86. The van der Waals surface area contributed by atoms with Crippen LogP contribution in [0.25, 0.3) is 0 Å². The molecule has 6 heteroatoms. The fourth-order valence-electron chi connectivity index (χ4n) is 2.69. The molecule has 0 aliphatic rings. The van der Waals surface area contributed by atoms with Gasteiger partial charge in [0.2, 0.25) is 11.1 Å². The van der Waals surface area contributed by atoms with Gasteiger partial charge in [0.05, 0.1) is 11.3 Å². The van der Waals surface area contributed by atoms with Crippen molar-refractivity contribution in [3.8, 4) is 0 Å². The third-order valence-corrected chi connectivity index (χ3v) is 5.19. The van der Waals surface area contributed by atoms with Gasteiger partial charge in [0.1, 0.15) is 5.82 Å². The summed E-state index contributed by atoms with van der Waals surface area (Å²) in [5, 5.41) is 10.6. The summed E-state index contributed by atoms with van der Waals surface area (Å²) < 4.78 is 0. The Bertz CT molecular complexity index is 825. The summed E-state index contributed by atoms with van der Waals surface area (Å²) in [7, 11) is 0. The lowest BCUT2D eigenvalue weighted by molar-refractivity contribution is -0.120. The lowest BCUT2D eigenvalue weighted by Crippen LogP contribution is -2.35. The number of hydrogen-bond acceptors (Lipinski definition) is 4. The van der Waals surface area contributed by atoms with Crippen molar-refractivity contribution >= 4 is 17.7 Å². The normalized spacial score (nSPS) is 12.3. The van der Waals surface area contributed by atoms with Gasteiger partial charge >= 0.3 is 0 Å². The van der Waals surface area contributed by atoms with Crippen LogP contribution < -0.4 is 5.32 Å². The third-order valence-electron chi connectivity index (χ3n) is 4.23. The van der Waals surface area contributed by atoms with Gasteiger partial charge in [-0.2, -0.15) is 0 Å². The van der Waals surface area contributed by atoms with Crippen LogP contribution in [0.2, 0.25) is 0 Å². The van der Waals surface area contributed by atoms with Gasteiger partial charge in [-0.1, -0.05) is 86.3 Å². The van der Waals surface area contributed by atoms with Crippen molar-refractivity contribution in [2.24, 2.45) is 0 Å². The van der Waals surface area contributed by atoms with E-state index in [9.17, 15) is 4.79 Å². The van der Waals surface area contributed by atoms with Gasteiger partial charge in [-0.05, 0) is 18.1 Å². The first kappa shape index (κ1) is 19.2. The highest BCUT2D eigenvalue weighted by atomic mass is 32.2. The Labute approximate surface area is 164 Å². The number of H-pyrrole nitrogens is 1. The maximum Gasteiger partial charge on any atom is 0.234 e. The van der Waals surface area contributed by atoms with Crippen LogP contribution in [0.4, 0.5) is 0 Å². The van der Waals surface area contributed by atoms with Crippen molar-refractivity contribution in [2.45, 2.75) is 43.1 Å². The molecule has 27 heavy (non-hydrogen) atoms. The molecule has 0 spiro atoms. The SMILES string of the molecule is CC(Sc1n[nH]c(C(C)C)n1)C(=O)NC(c1ccccc1)c1ccccc1. The second-order valence-electron chi connectivity index (χ2n) is 6.68. The first-order chi connectivity index (χ1) is 13.0. The predicted molar refractivity (Wildman–Crippen MR) is 109 cm³/mol. The zero-order valence-corrected chi connectivity index (χ0v) is 16.5. The molecule has 0 aliphatic heterocycles. The van der Waals surface area contributed by atoms with Gasteiger partial charge in [0.25, 0.3) is 0 Å². The third kappa shape index (κ3) is 4.98. The van der Waals surface area contributed by atoms with Gasteiger partial charge in [0.15, 0.2) is 0 Å². The molecule has 0 saturated heterocycles. The van der Waals surface area contributed by atoms with Gasteiger partial charge in [-0.3, -0.25) is 9.89 Å². The van der Waals surface area contributed by atoms with E-state index in [0.29, 0.717) is 5.16 Å². The van der Waals surface area contributed by atoms with Gasteiger partial charge in [0, 0.05) is 5.92 Å². The molecule has 3 rings (SSSR count). The molecule has 140 valence electrons. The van der Waals surface area contributed by atoms with E-state index in [4.69, 9.17) is 0 Å². The number of aromatic nitrogens is 3. The maximum atomic E-state index is 12.8.